The molecule has 0 bridgehead atoms. The minimum atomic E-state index is -0.189. The molecule has 2 aromatic carbocycles. The Hall–Kier alpha value is -2.70. The van der Waals surface area contributed by atoms with Crippen LogP contribution in [-0.4, -0.2) is 41.0 Å². The average Bonchev–Trinajstić information content (AvgIpc) is 3.07. The third-order valence-corrected chi connectivity index (χ3v) is 4.22. The zero-order valence-electron chi connectivity index (χ0n) is 15.5. The van der Waals surface area contributed by atoms with E-state index in [9.17, 15) is 4.79 Å². The van der Waals surface area contributed by atoms with Gasteiger partial charge < -0.3 is 10.6 Å². The van der Waals surface area contributed by atoms with Gasteiger partial charge in [-0.25, -0.2) is 4.68 Å². The van der Waals surface area contributed by atoms with Gasteiger partial charge in [0.25, 0.3) is 5.91 Å². The van der Waals surface area contributed by atoms with E-state index in [4.69, 9.17) is 0 Å². The molecule has 2 N–H and O–H groups in total. The van der Waals surface area contributed by atoms with E-state index in [1.165, 1.54) is 0 Å². The van der Waals surface area contributed by atoms with E-state index in [0.29, 0.717) is 12.2 Å². The minimum absolute atomic E-state index is 0. The summed E-state index contributed by atoms with van der Waals surface area (Å²) >= 11 is 0. The molecule has 0 saturated carbocycles. The van der Waals surface area contributed by atoms with Crippen LogP contribution in [0.3, 0.4) is 0 Å². The van der Waals surface area contributed by atoms with Gasteiger partial charge in [-0.05, 0) is 50.2 Å². The fraction of sp³-hybridized carbons (Fsp3) is 0.250. The summed E-state index contributed by atoms with van der Waals surface area (Å²) in [7, 11) is 1.89. The Kier molecular flexibility index (Phi) is 7.52. The summed E-state index contributed by atoms with van der Waals surface area (Å²) in [5.74, 6) is -0.189. The summed E-state index contributed by atoms with van der Waals surface area (Å²) in [6, 6.07) is 18.3. The second-order valence-electron chi connectivity index (χ2n) is 6.06. The summed E-state index contributed by atoms with van der Waals surface area (Å²) in [5.41, 5.74) is 4.26. The second kappa shape index (κ2) is 9.85. The molecular formula is C20H24ClN5O. The van der Waals surface area contributed by atoms with Crippen LogP contribution in [0.15, 0.2) is 54.6 Å². The van der Waals surface area contributed by atoms with Crippen LogP contribution >= 0.6 is 12.4 Å². The standard InChI is InChI=1S/C20H23N5O.ClH/c1-15-19(20(26)22-14-6-13-21-2)23-24-25(15)18-11-9-17(10-12-18)16-7-4-3-5-8-16;/h3-5,7-12,21H,6,13-14H2,1-2H3,(H,22,26);1H. The number of nitrogens with zero attached hydrogens (tertiary/aromatic N) is 3. The van der Waals surface area contributed by atoms with Crippen LogP contribution in [0.1, 0.15) is 22.6 Å². The lowest BCUT2D eigenvalue weighted by Crippen LogP contribution is -2.27. The lowest BCUT2D eigenvalue weighted by Gasteiger charge is -2.06. The van der Waals surface area contributed by atoms with Crippen molar-refractivity contribution in [3.05, 3.63) is 66.0 Å². The number of halogens is 1. The van der Waals surface area contributed by atoms with Crippen LogP contribution in [0.5, 0.6) is 0 Å². The van der Waals surface area contributed by atoms with Gasteiger partial charge >= 0.3 is 0 Å². The Morgan fingerprint density at radius 1 is 1.00 bits per heavy atom. The SMILES string of the molecule is CNCCCNC(=O)c1nnn(-c2ccc(-c3ccccc3)cc2)c1C.Cl. The van der Waals surface area contributed by atoms with Gasteiger partial charge in [-0.3, -0.25) is 4.79 Å². The summed E-state index contributed by atoms with van der Waals surface area (Å²) in [6.07, 6.45) is 0.871. The molecular weight excluding hydrogens is 362 g/mol. The number of rotatable bonds is 7. The highest BCUT2D eigenvalue weighted by Gasteiger charge is 2.16. The molecule has 0 fully saturated rings. The van der Waals surface area contributed by atoms with Crippen molar-refractivity contribution in [2.75, 3.05) is 20.1 Å². The molecule has 142 valence electrons. The van der Waals surface area contributed by atoms with E-state index >= 15 is 0 Å². The van der Waals surface area contributed by atoms with Crippen LogP contribution < -0.4 is 10.6 Å². The van der Waals surface area contributed by atoms with E-state index in [-0.39, 0.29) is 18.3 Å². The maximum Gasteiger partial charge on any atom is 0.273 e. The summed E-state index contributed by atoms with van der Waals surface area (Å²) in [5, 5.41) is 14.1. The molecule has 0 aliphatic heterocycles. The number of benzene rings is 2. The van der Waals surface area contributed by atoms with Crippen molar-refractivity contribution in [2.24, 2.45) is 0 Å². The van der Waals surface area contributed by atoms with Crippen molar-refractivity contribution in [1.82, 2.24) is 25.6 Å². The predicted molar refractivity (Wildman–Crippen MR) is 110 cm³/mol. The van der Waals surface area contributed by atoms with Crippen LogP contribution in [0, 0.1) is 6.92 Å². The molecule has 0 aliphatic carbocycles. The number of carbonyl (C=O) groups excluding carboxylic acids is 1. The molecule has 0 aliphatic rings. The van der Waals surface area contributed by atoms with Crippen LogP contribution in [0.2, 0.25) is 0 Å². The van der Waals surface area contributed by atoms with Gasteiger partial charge in [0.2, 0.25) is 0 Å². The number of amides is 1. The highest BCUT2D eigenvalue weighted by Crippen LogP contribution is 2.21. The first kappa shape index (κ1) is 20.6. The monoisotopic (exact) mass is 385 g/mol. The van der Waals surface area contributed by atoms with E-state index < -0.39 is 0 Å². The van der Waals surface area contributed by atoms with Gasteiger partial charge in [0, 0.05) is 6.54 Å². The van der Waals surface area contributed by atoms with Crippen LogP contribution in [0.4, 0.5) is 0 Å². The molecule has 0 saturated heterocycles. The highest BCUT2D eigenvalue weighted by atomic mass is 35.5. The molecule has 27 heavy (non-hydrogen) atoms. The average molecular weight is 386 g/mol. The maximum absolute atomic E-state index is 12.3. The van der Waals surface area contributed by atoms with Gasteiger partial charge in [-0.2, -0.15) is 0 Å². The van der Waals surface area contributed by atoms with E-state index in [1.54, 1.807) is 4.68 Å². The summed E-state index contributed by atoms with van der Waals surface area (Å²) < 4.78 is 1.69. The van der Waals surface area contributed by atoms with Gasteiger partial charge in [-0.15, -0.1) is 17.5 Å². The molecule has 1 heterocycles. The van der Waals surface area contributed by atoms with Crippen molar-refractivity contribution in [1.29, 1.82) is 0 Å². The number of aromatic nitrogens is 3. The minimum Gasteiger partial charge on any atom is -0.351 e. The van der Waals surface area contributed by atoms with Gasteiger partial charge in [-0.1, -0.05) is 47.7 Å². The first-order valence-electron chi connectivity index (χ1n) is 8.71. The summed E-state index contributed by atoms with van der Waals surface area (Å²) in [6.45, 7) is 3.32. The predicted octanol–water partition coefficient (Wildman–Crippen LogP) is 3.00. The van der Waals surface area contributed by atoms with Crippen molar-refractivity contribution in [3.63, 3.8) is 0 Å². The molecule has 0 spiro atoms. The molecule has 1 amide bonds. The Morgan fingerprint density at radius 2 is 1.67 bits per heavy atom. The number of hydrogen-bond donors (Lipinski definition) is 2. The Labute approximate surface area is 165 Å². The van der Waals surface area contributed by atoms with Gasteiger partial charge in [0.05, 0.1) is 11.4 Å². The molecule has 6 nitrogen and oxygen atoms in total. The fourth-order valence-corrected chi connectivity index (χ4v) is 2.76. The smallest absolute Gasteiger partial charge is 0.273 e. The maximum atomic E-state index is 12.3. The number of carbonyl (C=O) groups is 1. The molecule has 7 heteroatoms. The molecule has 0 radical (unpaired) electrons. The number of nitrogens with one attached hydrogen (secondary N) is 2. The highest BCUT2D eigenvalue weighted by molar-refractivity contribution is 5.93. The van der Waals surface area contributed by atoms with Crippen molar-refractivity contribution < 1.29 is 4.79 Å². The molecule has 3 aromatic rings. The zero-order chi connectivity index (χ0) is 18.4. The van der Waals surface area contributed by atoms with Crippen molar-refractivity contribution in [3.8, 4) is 16.8 Å². The molecule has 1 aromatic heterocycles. The molecule has 0 unspecified atom stereocenters. The Morgan fingerprint density at radius 3 is 2.33 bits per heavy atom. The Bertz CT molecular complexity index is 862. The van der Waals surface area contributed by atoms with Crippen LogP contribution in [0.25, 0.3) is 16.8 Å². The fourth-order valence-electron chi connectivity index (χ4n) is 2.76. The number of hydrogen-bond acceptors (Lipinski definition) is 4. The Balaban J connectivity index is 0.00000261. The zero-order valence-corrected chi connectivity index (χ0v) is 16.3. The lowest BCUT2D eigenvalue weighted by molar-refractivity contribution is 0.0947. The second-order valence-corrected chi connectivity index (χ2v) is 6.06. The van der Waals surface area contributed by atoms with Crippen molar-refractivity contribution in [2.45, 2.75) is 13.3 Å². The van der Waals surface area contributed by atoms with E-state index in [1.807, 2.05) is 56.4 Å². The van der Waals surface area contributed by atoms with Crippen LogP contribution in [-0.2, 0) is 0 Å². The normalized spacial score (nSPS) is 10.3. The lowest BCUT2D eigenvalue weighted by atomic mass is 10.1. The third kappa shape index (κ3) is 4.93. The topological polar surface area (TPSA) is 71.8 Å². The molecule has 3 rings (SSSR count). The molecule has 0 atom stereocenters. The van der Waals surface area contributed by atoms with E-state index in [2.05, 4.69) is 33.1 Å². The third-order valence-electron chi connectivity index (χ3n) is 4.22. The van der Waals surface area contributed by atoms with E-state index in [0.717, 1.165) is 35.5 Å². The van der Waals surface area contributed by atoms with Gasteiger partial charge in [0.15, 0.2) is 5.69 Å². The quantitative estimate of drug-likeness (QED) is 0.613. The largest absolute Gasteiger partial charge is 0.351 e. The van der Waals surface area contributed by atoms with Crippen molar-refractivity contribution >= 4 is 18.3 Å². The first-order chi connectivity index (χ1) is 12.7. The first-order valence-corrected chi connectivity index (χ1v) is 8.71. The summed E-state index contributed by atoms with van der Waals surface area (Å²) in [4.78, 5) is 12.3. The van der Waals surface area contributed by atoms with Gasteiger partial charge in [0.1, 0.15) is 0 Å².